The monoisotopic (exact) mass is 234 g/mol. The number of benzene rings is 2. The second-order valence-corrected chi connectivity index (χ2v) is 3.96. The highest BCUT2D eigenvalue weighted by Gasteiger charge is 2.13. The van der Waals surface area contributed by atoms with Crippen LogP contribution in [0.2, 0.25) is 0 Å². The van der Waals surface area contributed by atoms with Gasteiger partial charge in [-0.1, -0.05) is 18.2 Å². The lowest BCUT2D eigenvalue weighted by Crippen LogP contribution is -2.02. The van der Waals surface area contributed by atoms with Gasteiger partial charge in [-0.2, -0.15) is 0 Å². The Morgan fingerprint density at radius 3 is 2.35 bits per heavy atom. The van der Waals surface area contributed by atoms with Crippen LogP contribution in [0.4, 0.5) is 8.78 Å². The van der Waals surface area contributed by atoms with Crippen molar-refractivity contribution < 1.29 is 13.9 Å². The number of aliphatic hydroxyl groups is 1. The molecule has 0 aliphatic carbocycles. The Bertz CT molecular complexity index is 537. The summed E-state index contributed by atoms with van der Waals surface area (Å²) in [6, 6.07) is 9.90. The van der Waals surface area contributed by atoms with E-state index in [0.29, 0.717) is 16.7 Å². The van der Waals surface area contributed by atoms with E-state index in [9.17, 15) is 13.9 Å². The predicted octanol–water partition coefficient (Wildman–Crippen LogP) is 3.35. The number of aryl methyl sites for hydroxylation is 1. The molecule has 2 rings (SSSR count). The van der Waals surface area contributed by atoms with Gasteiger partial charge < -0.3 is 5.11 Å². The van der Waals surface area contributed by atoms with Gasteiger partial charge in [0, 0.05) is 0 Å². The molecule has 0 heterocycles. The smallest absolute Gasteiger partial charge is 0.123 e. The number of rotatable bonds is 2. The second kappa shape index (κ2) is 4.63. The maximum atomic E-state index is 13.0. The summed E-state index contributed by atoms with van der Waals surface area (Å²) in [7, 11) is 0. The molecule has 0 saturated heterocycles. The summed E-state index contributed by atoms with van der Waals surface area (Å²) in [6.45, 7) is 1.71. The molecule has 1 N–H and O–H groups in total. The van der Waals surface area contributed by atoms with E-state index in [2.05, 4.69) is 0 Å². The zero-order chi connectivity index (χ0) is 12.4. The minimum Gasteiger partial charge on any atom is -0.384 e. The topological polar surface area (TPSA) is 20.2 Å². The minimum absolute atomic E-state index is 0.349. The largest absolute Gasteiger partial charge is 0.384 e. The van der Waals surface area contributed by atoms with E-state index in [0.717, 1.165) is 0 Å². The van der Waals surface area contributed by atoms with Crippen molar-refractivity contribution in [2.75, 3.05) is 0 Å². The summed E-state index contributed by atoms with van der Waals surface area (Å²) in [5.41, 5.74) is 1.68. The van der Waals surface area contributed by atoms with Gasteiger partial charge >= 0.3 is 0 Å². The summed E-state index contributed by atoms with van der Waals surface area (Å²) in [4.78, 5) is 0. The molecular weight excluding hydrogens is 222 g/mol. The Morgan fingerprint density at radius 2 is 1.71 bits per heavy atom. The molecule has 0 amide bonds. The molecule has 88 valence electrons. The van der Waals surface area contributed by atoms with Crippen molar-refractivity contribution in [3.8, 4) is 0 Å². The average molecular weight is 234 g/mol. The predicted molar refractivity (Wildman–Crippen MR) is 61.6 cm³/mol. The Hall–Kier alpha value is -1.74. The van der Waals surface area contributed by atoms with E-state index in [-0.39, 0.29) is 5.82 Å². The lowest BCUT2D eigenvalue weighted by atomic mass is 9.97. The third kappa shape index (κ3) is 2.50. The molecule has 0 radical (unpaired) electrons. The fourth-order valence-corrected chi connectivity index (χ4v) is 1.80. The standard InChI is InChI=1S/C14H12F2O/c1-9-7-12(16)5-6-13(9)14(17)10-3-2-4-11(15)8-10/h2-8,14,17H,1H3. The third-order valence-corrected chi connectivity index (χ3v) is 2.69. The number of hydrogen-bond donors (Lipinski definition) is 1. The van der Waals surface area contributed by atoms with Gasteiger partial charge in [0.25, 0.3) is 0 Å². The van der Waals surface area contributed by atoms with E-state index in [1.54, 1.807) is 13.0 Å². The first-order chi connectivity index (χ1) is 8.08. The molecule has 0 aliphatic rings. The molecule has 1 nitrogen and oxygen atoms in total. The minimum atomic E-state index is -0.939. The highest BCUT2D eigenvalue weighted by molar-refractivity contribution is 5.35. The van der Waals surface area contributed by atoms with Crippen LogP contribution in [-0.4, -0.2) is 5.11 Å². The Balaban J connectivity index is 2.40. The highest BCUT2D eigenvalue weighted by Crippen LogP contribution is 2.25. The van der Waals surface area contributed by atoms with Gasteiger partial charge in [-0.05, 0) is 47.9 Å². The van der Waals surface area contributed by atoms with Crippen molar-refractivity contribution in [1.82, 2.24) is 0 Å². The van der Waals surface area contributed by atoms with Gasteiger partial charge in [0.1, 0.15) is 17.7 Å². The first-order valence-electron chi connectivity index (χ1n) is 5.27. The molecule has 3 heteroatoms. The van der Waals surface area contributed by atoms with Crippen molar-refractivity contribution in [1.29, 1.82) is 0 Å². The Morgan fingerprint density at radius 1 is 1.00 bits per heavy atom. The first kappa shape index (κ1) is 11.7. The normalized spacial score (nSPS) is 12.5. The summed E-state index contributed by atoms with van der Waals surface area (Å²) in [5, 5.41) is 10.1. The van der Waals surface area contributed by atoms with Gasteiger partial charge in [0.05, 0.1) is 0 Å². The maximum absolute atomic E-state index is 13.0. The van der Waals surface area contributed by atoms with Crippen LogP contribution in [0.25, 0.3) is 0 Å². The fourth-order valence-electron chi connectivity index (χ4n) is 1.80. The summed E-state index contributed by atoms with van der Waals surface area (Å²) in [6.07, 6.45) is -0.939. The molecule has 1 atom stereocenters. The fraction of sp³-hybridized carbons (Fsp3) is 0.143. The van der Waals surface area contributed by atoms with Crippen LogP contribution >= 0.6 is 0 Å². The second-order valence-electron chi connectivity index (χ2n) is 3.96. The SMILES string of the molecule is Cc1cc(F)ccc1C(O)c1cccc(F)c1. The van der Waals surface area contributed by atoms with Gasteiger partial charge in [-0.25, -0.2) is 8.78 Å². The molecule has 0 saturated carbocycles. The molecule has 0 aromatic heterocycles. The van der Waals surface area contributed by atoms with Crippen molar-refractivity contribution in [3.05, 3.63) is 70.8 Å². The summed E-state index contributed by atoms with van der Waals surface area (Å²) < 4.78 is 26.0. The summed E-state index contributed by atoms with van der Waals surface area (Å²) in [5.74, 6) is -0.751. The molecular formula is C14H12F2O. The highest BCUT2D eigenvalue weighted by atomic mass is 19.1. The van der Waals surface area contributed by atoms with Crippen LogP contribution in [0.3, 0.4) is 0 Å². The molecule has 0 fully saturated rings. The first-order valence-corrected chi connectivity index (χ1v) is 5.27. The van der Waals surface area contributed by atoms with Gasteiger partial charge in [0.15, 0.2) is 0 Å². The zero-order valence-corrected chi connectivity index (χ0v) is 9.32. The lowest BCUT2D eigenvalue weighted by Gasteiger charge is -2.14. The molecule has 0 aliphatic heterocycles. The summed E-state index contributed by atoms with van der Waals surface area (Å²) >= 11 is 0. The zero-order valence-electron chi connectivity index (χ0n) is 9.32. The Kier molecular flexibility index (Phi) is 3.20. The van der Waals surface area contributed by atoms with Gasteiger partial charge in [-0.3, -0.25) is 0 Å². The Labute approximate surface area is 98.3 Å². The van der Waals surface area contributed by atoms with E-state index in [1.165, 1.54) is 36.4 Å². The van der Waals surface area contributed by atoms with Crippen LogP contribution in [0.5, 0.6) is 0 Å². The lowest BCUT2D eigenvalue weighted by molar-refractivity contribution is 0.219. The molecule has 2 aromatic carbocycles. The van der Waals surface area contributed by atoms with Crippen LogP contribution in [0.1, 0.15) is 22.8 Å². The van der Waals surface area contributed by atoms with E-state index in [1.807, 2.05) is 0 Å². The number of hydrogen-bond acceptors (Lipinski definition) is 1. The van der Waals surface area contributed by atoms with Crippen LogP contribution in [0, 0.1) is 18.6 Å². The van der Waals surface area contributed by atoms with E-state index >= 15 is 0 Å². The van der Waals surface area contributed by atoms with Crippen molar-refractivity contribution in [3.63, 3.8) is 0 Å². The van der Waals surface area contributed by atoms with Crippen LogP contribution in [-0.2, 0) is 0 Å². The molecule has 17 heavy (non-hydrogen) atoms. The molecule has 0 spiro atoms. The van der Waals surface area contributed by atoms with Crippen molar-refractivity contribution in [2.45, 2.75) is 13.0 Å². The number of halogens is 2. The van der Waals surface area contributed by atoms with Gasteiger partial charge in [-0.15, -0.1) is 0 Å². The average Bonchev–Trinajstić information content (AvgIpc) is 2.28. The van der Waals surface area contributed by atoms with Crippen LogP contribution < -0.4 is 0 Å². The molecule has 1 unspecified atom stereocenters. The van der Waals surface area contributed by atoms with Crippen LogP contribution in [0.15, 0.2) is 42.5 Å². The van der Waals surface area contributed by atoms with Crippen molar-refractivity contribution >= 4 is 0 Å². The number of aliphatic hydroxyl groups excluding tert-OH is 1. The quantitative estimate of drug-likeness (QED) is 0.844. The molecule has 2 aromatic rings. The molecule has 0 bridgehead atoms. The van der Waals surface area contributed by atoms with Gasteiger partial charge in [0.2, 0.25) is 0 Å². The van der Waals surface area contributed by atoms with E-state index < -0.39 is 11.9 Å². The van der Waals surface area contributed by atoms with E-state index in [4.69, 9.17) is 0 Å². The third-order valence-electron chi connectivity index (χ3n) is 2.69. The van der Waals surface area contributed by atoms with Crippen molar-refractivity contribution in [2.24, 2.45) is 0 Å². The maximum Gasteiger partial charge on any atom is 0.123 e.